The van der Waals surface area contributed by atoms with Gasteiger partial charge in [0.25, 0.3) is 5.91 Å². The standard InChI is InChI=1S/C25H38N4O5/c1-16(2)24(31)27-17-7-10-21-19(13-17)25(32)29(5)20-9-8-18(34-22(20)15-33-21)14-23(30)26-11-6-12-28(3)4/h7,10,13,16,18,20,22H,6,8-9,11-12,14-15H2,1-5H3,(H,26,30)(H,27,31)/t18-,20+,22+/m0/s1. The number of hydrogen-bond acceptors (Lipinski definition) is 6. The summed E-state index contributed by atoms with van der Waals surface area (Å²) in [6, 6.07) is 4.96. The second-order valence-electron chi connectivity index (χ2n) is 9.73. The van der Waals surface area contributed by atoms with Crippen LogP contribution in [0.3, 0.4) is 0 Å². The van der Waals surface area contributed by atoms with Gasteiger partial charge in [0.15, 0.2) is 0 Å². The van der Waals surface area contributed by atoms with Crippen molar-refractivity contribution in [2.45, 2.75) is 57.8 Å². The molecule has 3 amide bonds. The lowest BCUT2D eigenvalue weighted by Crippen LogP contribution is -2.54. The van der Waals surface area contributed by atoms with Gasteiger partial charge >= 0.3 is 0 Å². The van der Waals surface area contributed by atoms with Crippen LogP contribution in [0.2, 0.25) is 0 Å². The Hall–Kier alpha value is -2.65. The third-order valence-electron chi connectivity index (χ3n) is 6.32. The summed E-state index contributed by atoms with van der Waals surface area (Å²) in [6.07, 6.45) is 2.11. The number of hydrogen-bond donors (Lipinski definition) is 2. The molecule has 0 radical (unpaired) electrons. The number of likely N-dealkylation sites (N-methyl/N-ethyl adjacent to an activating group) is 1. The summed E-state index contributed by atoms with van der Waals surface area (Å²) >= 11 is 0. The van der Waals surface area contributed by atoms with Crippen LogP contribution in [0.5, 0.6) is 5.75 Å². The number of carbonyl (C=O) groups excluding carboxylic acids is 3. The smallest absolute Gasteiger partial charge is 0.257 e. The topological polar surface area (TPSA) is 100 Å². The fourth-order valence-corrected chi connectivity index (χ4v) is 4.29. The molecule has 0 aromatic heterocycles. The molecule has 34 heavy (non-hydrogen) atoms. The van der Waals surface area contributed by atoms with Crippen molar-refractivity contribution in [1.82, 2.24) is 15.1 Å². The Balaban J connectivity index is 1.62. The van der Waals surface area contributed by atoms with Gasteiger partial charge in [0.05, 0.1) is 24.1 Å². The first-order chi connectivity index (χ1) is 16.2. The molecule has 9 nitrogen and oxygen atoms in total. The highest BCUT2D eigenvalue weighted by atomic mass is 16.5. The average molecular weight is 475 g/mol. The van der Waals surface area contributed by atoms with E-state index in [2.05, 4.69) is 15.5 Å². The zero-order valence-corrected chi connectivity index (χ0v) is 20.9. The molecule has 9 heteroatoms. The Morgan fingerprint density at radius 3 is 2.71 bits per heavy atom. The Bertz CT molecular complexity index is 888. The average Bonchev–Trinajstić information content (AvgIpc) is 2.79. The zero-order chi connectivity index (χ0) is 24.8. The third kappa shape index (κ3) is 6.70. The van der Waals surface area contributed by atoms with Gasteiger partial charge in [-0.25, -0.2) is 0 Å². The number of carbonyl (C=O) groups is 3. The van der Waals surface area contributed by atoms with Crippen LogP contribution >= 0.6 is 0 Å². The van der Waals surface area contributed by atoms with Crippen molar-refractivity contribution < 1.29 is 23.9 Å². The highest BCUT2D eigenvalue weighted by Crippen LogP contribution is 2.32. The van der Waals surface area contributed by atoms with Gasteiger partial charge in [0, 0.05) is 25.2 Å². The fraction of sp³-hybridized carbons (Fsp3) is 0.640. The maximum atomic E-state index is 13.3. The van der Waals surface area contributed by atoms with Crippen molar-refractivity contribution in [2.24, 2.45) is 5.92 Å². The molecule has 1 aromatic rings. The van der Waals surface area contributed by atoms with Crippen LogP contribution in [0.25, 0.3) is 0 Å². The van der Waals surface area contributed by atoms with Crippen LogP contribution in [0.1, 0.15) is 49.9 Å². The summed E-state index contributed by atoms with van der Waals surface area (Å²) in [6.45, 7) is 5.49. The van der Waals surface area contributed by atoms with E-state index >= 15 is 0 Å². The molecule has 2 N–H and O–H groups in total. The lowest BCUT2D eigenvalue weighted by atomic mass is 9.94. The summed E-state index contributed by atoms with van der Waals surface area (Å²) in [5, 5.41) is 5.80. The molecule has 1 saturated heterocycles. The number of amides is 3. The molecule has 0 bridgehead atoms. The van der Waals surface area contributed by atoms with Crippen molar-refractivity contribution in [2.75, 3.05) is 46.2 Å². The minimum absolute atomic E-state index is 0.0141. The maximum absolute atomic E-state index is 13.3. The minimum atomic E-state index is -0.317. The van der Waals surface area contributed by atoms with Crippen LogP contribution in [-0.4, -0.2) is 86.6 Å². The first-order valence-corrected chi connectivity index (χ1v) is 12.1. The van der Waals surface area contributed by atoms with Crippen molar-refractivity contribution in [1.29, 1.82) is 0 Å². The summed E-state index contributed by atoms with van der Waals surface area (Å²) < 4.78 is 12.2. The molecule has 2 aliphatic rings. The molecule has 2 heterocycles. The quantitative estimate of drug-likeness (QED) is 0.560. The number of fused-ring (bicyclic) bond motifs is 2. The molecule has 1 fully saturated rings. The summed E-state index contributed by atoms with van der Waals surface area (Å²) in [5.41, 5.74) is 0.984. The lowest BCUT2D eigenvalue weighted by molar-refractivity contribution is -0.134. The number of ether oxygens (including phenoxy) is 2. The van der Waals surface area contributed by atoms with Gasteiger partial charge in [-0.15, -0.1) is 0 Å². The highest BCUT2D eigenvalue weighted by molar-refractivity contribution is 6.00. The predicted molar refractivity (Wildman–Crippen MR) is 130 cm³/mol. The van der Waals surface area contributed by atoms with Crippen molar-refractivity contribution in [3.8, 4) is 5.75 Å². The van der Waals surface area contributed by atoms with E-state index < -0.39 is 0 Å². The van der Waals surface area contributed by atoms with Gasteiger partial charge in [0.2, 0.25) is 11.8 Å². The van der Waals surface area contributed by atoms with Gasteiger partial charge < -0.3 is 29.9 Å². The Kier molecular flexibility index (Phi) is 8.90. The molecule has 188 valence electrons. The normalized spacial score (nSPS) is 22.4. The van der Waals surface area contributed by atoms with E-state index in [0.717, 1.165) is 19.4 Å². The molecule has 0 saturated carbocycles. The van der Waals surface area contributed by atoms with Crippen molar-refractivity contribution in [3.05, 3.63) is 23.8 Å². The fourth-order valence-electron chi connectivity index (χ4n) is 4.29. The maximum Gasteiger partial charge on any atom is 0.257 e. The van der Waals surface area contributed by atoms with Crippen molar-refractivity contribution in [3.63, 3.8) is 0 Å². The van der Waals surface area contributed by atoms with Gasteiger partial charge in [-0.3, -0.25) is 14.4 Å². The molecule has 0 aliphatic carbocycles. The van der Waals surface area contributed by atoms with E-state index in [9.17, 15) is 14.4 Å². The van der Waals surface area contributed by atoms with E-state index in [0.29, 0.717) is 36.4 Å². The number of rotatable bonds is 8. The lowest BCUT2D eigenvalue weighted by Gasteiger charge is -2.42. The first kappa shape index (κ1) is 26.0. The first-order valence-electron chi connectivity index (χ1n) is 12.1. The molecular weight excluding hydrogens is 436 g/mol. The molecule has 0 unspecified atom stereocenters. The Labute approximate surface area is 202 Å². The van der Waals surface area contributed by atoms with Gasteiger partial charge in [-0.2, -0.15) is 0 Å². The van der Waals surface area contributed by atoms with E-state index in [1.165, 1.54) is 0 Å². The van der Waals surface area contributed by atoms with E-state index in [4.69, 9.17) is 9.47 Å². The van der Waals surface area contributed by atoms with Gasteiger partial charge in [-0.1, -0.05) is 13.8 Å². The Morgan fingerprint density at radius 1 is 1.24 bits per heavy atom. The largest absolute Gasteiger partial charge is 0.490 e. The van der Waals surface area contributed by atoms with Crippen LogP contribution in [0, 0.1) is 5.92 Å². The number of benzene rings is 1. The summed E-state index contributed by atoms with van der Waals surface area (Å²) in [7, 11) is 5.79. The van der Waals surface area contributed by atoms with E-state index in [1.54, 1.807) is 30.1 Å². The van der Waals surface area contributed by atoms with Crippen LogP contribution in [0.4, 0.5) is 5.69 Å². The Morgan fingerprint density at radius 2 is 2.00 bits per heavy atom. The van der Waals surface area contributed by atoms with Crippen LogP contribution < -0.4 is 15.4 Å². The summed E-state index contributed by atoms with van der Waals surface area (Å²) in [5.74, 6) is -0.00107. The number of nitrogens with zero attached hydrogens (tertiary/aromatic N) is 2. The van der Waals surface area contributed by atoms with Crippen LogP contribution in [-0.2, 0) is 14.3 Å². The molecule has 3 atom stereocenters. The molecule has 1 aromatic carbocycles. The number of anilines is 1. The predicted octanol–water partition coefficient (Wildman–Crippen LogP) is 2.12. The number of nitrogens with one attached hydrogen (secondary N) is 2. The molecule has 3 rings (SSSR count). The monoisotopic (exact) mass is 474 g/mol. The van der Waals surface area contributed by atoms with E-state index in [1.807, 2.05) is 27.9 Å². The second kappa shape index (κ2) is 11.7. The zero-order valence-electron chi connectivity index (χ0n) is 20.9. The molecular formula is C25H38N4O5. The summed E-state index contributed by atoms with van der Waals surface area (Å²) in [4.78, 5) is 41.5. The highest BCUT2D eigenvalue weighted by Gasteiger charge is 2.39. The molecule has 0 spiro atoms. The van der Waals surface area contributed by atoms with Crippen LogP contribution in [0.15, 0.2) is 18.2 Å². The van der Waals surface area contributed by atoms with Gasteiger partial charge in [-0.05, 0) is 58.1 Å². The van der Waals surface area contributed by atoms with Gasteiger partial charge in [0.1, 0.15) is 18.5 Å². The van der Waals surface area contributed by atoms with Crippen molar-refractivity contribution >= 4 is 23.4 Å². The minimum Gasteiger partial charge on any atom is -0.490 e. The molecule has 2 aliphatic heterocycles. The second-order valence-corrected chi connectivity index (χ2v) is 9.73. The SMILES string of the molecule is CC(C)C(=O)Nc1ccc2c(c1)C(=O)N(C)[C@@H]1CC[C@@H](CC(=O)NCCCN(C)C)O[C@@H]1CO2. The third-order valence-corrected chi connectivity index (χ3v) is 6.32. The van der Waals surface area contributed by atoms with E-state index in [-0.39, 0.29) is 48.5 Å².